The molecule has 1 aromatic heterocycles. The second-order valence-electron chi connectivity index (χ2n) is 4.87. The summed E-state index contributed by atoms with van der Waals surface area (Å²) in [6.07, 6.45) is 0. The van der Waals surface area contributed by atoms with Gasteiger partial charge in [0, 0.05) is 15.4 Å². The van der Waals surface area contributed by atoms with Crippen molar-refractivity contribution in [3.63, 3.8) is 0 Å². The molecule has 0 aliphatic carbocycles. The zero-order chi connectivity index (χ0) is 16.9. The first-order valence-electron chi connectivity index (χ1n) is 6.98. The number of carbonyl (C=O) groups excluding carboxylic acids is 1. The number of anilines is 1. The number of aromatic nitrogens is 1. The molecule has 24 heavy (non-hydrogen) atoms. The van der Waals surface area contributed by atoms with Crippen LogP contribution in [-0.4, -0.2) is 10.9 Å². The van der Waals surface area contributed by atoms with Crippen molar-refractivity contribution in [2.45, 2.75) is 6.61 Å². The molecule has 122 valence electrons. The van der Waals surface area contributed by atoms with Gasteiger partial charge in [0.1, 0.15) is 18.2 Å². The Morgan fingerprint density at radius 3 is 2.92 bits per heavy atom. The first kappa shape index (κ1) is 16.6. The summed E-state index contributed by atoms with van der Waals surface area (Å²) in [7, 11) is 0. The van der Waals surface area contributed by atoms with Crippen molar-refractivity contribution in [2.75, 3.05) is 5.32 Å². The highest BCUT2D eigenvalue weighted by Crippen LogP contribution is 2.21. The van der Waals surface area contributed by atoms with Crippen molar-refractivity contribution in [2.24, 2.45) is 0 Å². The quantitative estimate of drug-likeness (QED) is 0.656. The number of ether oxygens (including phenoxy) is 1. The number of nitrogens with zero attached hydrogens (tertiary/aromatic N) is 1. The summed E-state index contributed by atoms with van der Waals surface area (Å²) < 4.78 is 20.0. The minimum atomic E-state index is -0.506. The van der Waals surface area contributed by atoms with Crippen molar-refractivity contribution >= 4 is 38.9 Å². The highest BCUT2D eigenvalue weighted by molar-refractivity contribution is 9.10. The molecule has 0 bridgehead atoms. The molecule has 3 aromatic rings. The number of halogens is 2. The molecule has 1 amide bonds. The summed E-state index contributed by atoms with van der Waals surface area (Å²) in [5, 5.41) is 4.45. The van der Waals surface area contributed by atoms with Crippen LogP contribution in [0.1, 0.15) is 16.1 Å². The fourth-order valence-electron chi connectivity index (χ4n) is 1.98. The van der Waals surface area contributed by atoms with E-state index >= 15 is 0 Å². The van der Waals surface area contributed by atoms with Gasteiger partial charge in [-0.1, -0.05) is 22.0 Å². The number of hydrogen-bond donors (Lipinski definition) is 1. The molecular weight excluding hydrogens is 395 g/mol. The molecule has 0 radical (unpaired) electrons. The van der Waals surface area contributed by atoms with E-state index in [2.05, 4.69) is 26.2 Å². The number of nitrogens with one attached hydrogen (secondary N) is 1. The van der Waals surface area contributed by atoms with Gasteiger partial charge in [-0.05, 0) is 36.4 Å². The predicted octanol–water partition coefficient (Wildman–Crippen LogP) is 4.88. The van der Waals surface area contributed by atoms with Crippen molar-refractivity contribution in [1.82, 2.24) is 4.98 Å². The van der Waals surface area contributed by atoms with E-state index in [9.17, 15) is 9.18 Å². The van der Waals surface area contributed by atoms with Crippen molar-refractivity contribution in [3.05, 3.63) is 74.9 Å². The fraction of sp³-hybridized carbons (Fsp3) is 0.0588. The van der Waals surface area contributed by atoms with Crippen LogP contribution in [0.4, 0.5) is 10.1 Å². The van der Waals surface area contributed by atoms with Crippen LogP contribution in [0.2, 0.25) is 0 Å². The Bertz CT molecular complexity index is 856. The lowest BCUT2D eigenvalue weighted by molar-refractivity contribution is 0.102. The van der Waals surface area contributed by atoms with Gasteiger partial charge in [0.25, 0.3) is 5.91 Å². The van der Waals surface area contributed by atoms with Crippen molar-refractivity contribution in [1.29, 1.82) is 0 Å². The average molecular weight is 407 g/mol. The molecule has 1 N–H and O–H groups in total. The molecule has 7 heteroatoms. The summed E-state index contributed by atoms with van der Waals surface area (Å²) >= 11 is 4.67. The fourth-order valence-corrected chi connectivity index (χ4v) is 2.85. The van der Waals surface area contributed by atoms with Crippen LogP contribution in [0, 0.1) is 5.82 Å². The smallest absolute Gasteiger partial charge is 0.255 e. The maximum atomic E-state index is 13.8. The topological polar surface area (TPSA) is 51.2 Å². The summed E-state index contributed by atoms with van der Waals surface area (Å²) in [6.45, 7) is 0.329. The summed E-state index contributed by atoms with van der Waals surface area (Å²) in [4.78, 5) is 16.4. The maximum Gasteiger partial charge on any atom is 0.255 e. The van der Waals surface area contributed by atoms with Gasteiger partial charge in [-0.15, -0.1) is 11.3 Å². The van der Waals surface area contributed by atoms with E-state index in [-0.39, 0.29) is 5.69 Å². The Balaban J connectivity index is 1.69. The molecule has 0 saturated heterocycles. The largest absolute Gasteiger partial charge is 0.487 e. The van der Waals surface area contributed by atoms with Crippen LogP contribution >= 0.6 is 27.3 Å². The van der Waals surface area contributed by atoms with Gasteiger partial charge >= 0.3 is 0 Å². The molecule has 0 spiro atoms. The molecule has 2 aromatic carbocycles. The molecule has 0 aliphatic rings. The number of rotatable bonds is 5. The monoisotopic (exact) mass is 406 g/mol. The van der Waals surface area contributed by atoms with Crippen molar-refractivity contribution in [3.8, 4) is 5.75 Å². The van der Waals surface area contributed by atoms with Gasteiger partial charge in [0.05, 0.1) is 16.9 Å². The lowest BCUT2D eigenvalue weighted by atomic mass is 10.2. The number of benzene rings is 2. The van der Waals surface area contributed by atoms with E-state index in [0.717, 1.165) is 5.69 Å². The third-order valence-electron chi connectivity index (χ3n) is 3.15. The summed E-state index contributed by atoms with van der Waals surface area (Å²) in [6, 6.07) is 11.2. The summed E-state index contributed by atoms with van der Waals surface area (Å²) in [5.74, 6) is -0.365. The third kappa shape index (κ3) is 4.18. The number of carbonyl (C=O) groups is 1. The first-order valence-corrected chi connectivity index (χ1v) is 8.72. The van der Waals surface area contributed by atoms with Gasteiger partial charge in [0.2, 0.25) is 0 Å². The Hall–Kier alpha value is -2.25. The van der Waals surface area contributed by atoms with Crippen LogP contribution in [0.5, 0.6) is 5.75 Å². The second kappa shape index (κ2) is 7.55. The molecular formula is C17H12BrFN2O2S. The van der Waals surface area contributed by atoms with Gasteiger partial charge < -0.3 is 10.1 Å². The lowest BCUT2D eigenvalue weighted by Crippen LogP contribution is -2.13. The van der Waals surface area contributed by atoms with E-state index in [1.54, 1.807) is 35.8 Å². The predicted molar refractivity (Wildman–Crippen MR) is 94.9 cm³/mol. The van der Waals surface area contributed by atoms with Crippen molar-refractivity contribution < 1.29 is 13.9 Å². The van der Waals surface area contributed by atoms with Gasteiger partial charge in [-0.3, -0.25) is 4.79 Å². The van der Waals surface area contributed by atoms with E-state index in [4.69, 9.17) is 4.74 Å². The van der Waals surface area contributed by atoms with Gasteiger partial charge in [0.15, 0.2) is 0 Å². The molecule has 0 aliphatic heterocycles. The Kier molecular flexibility index (Phi) is 5.22. The molecule has 1 heterocycles. The highest BCUT2D eigenvalue weighted by Gasteiger charge is 2.10. The standard InChI is InChI=1S/C17H12BrFN2O2S/c18-12-4-5-16(15(19)7-12)21-17(22)11-2-1-3-14(6-11)23-8-13-9-24-10-20-13/h1-7,9-10H,8H2,(H,21,22). The minimum Gasteiger partial charge on any atom is -0.487 e. The number of hydrogen-bond acceptors (Lipinski definition) is 4. The maximum absolute atomic E-state index is 13.8. The molecule has 0 atom stereocenters. The second-order valence-corrected chi connectivity index (χ2v) is 6.51. The van der Waals surface area contributed by atoms with E-state index in [1.165, 1.54) is 23.5 Å². The molecule has 0 fully saturated rings. The highest BCUT2D eigenvalue weighted by atomic mass is 79.9. The van der Waals surface area contributed by atoms with E-state index < -0.39 is 11.7 Å². The zero-order valence-corrected chi connectivity index (χ0v) is 14.7. The third-order valence-corrected chi connectivity index (χ3v) is 4.27. The molecule has 0 saturated carbocycles. The van der Waals surface area contributed by atoms with Gasteiger partial charge in [-0.25, -0.2) is 9.37 Å². The molecule has 3 rings (SSSR count). The number of amides is 1. The lowest BCUT2D eigenvalue weighted by Gasteiger charge is -2.09. The SMILES string of the molecule is O=C(Nc1ccc(Br)cc1F)c1cccc(OCc2cscn2)c1. The van der Waals surface area contributed by atoms with Crippen LogP contribution in [-0.2, 0) is 6.61 Å². The van der Waals surface area contributed by atoms with Crippen LogP contribution in [0.25, 0.3) is 0 Å². The Labute approximate surface area is 150 Å². The molecule has 0 unspecified atom stereocenters. The Morgan fingerprint density at radius 2 is 2.17 bits per heavy atom. The van der Waals surface area contributed by atoms with E-state index in [0.29, 0.717) is 22.4 Å². The first-order chi connectivity index (χ1) is 11.6. The normalized spacial score (nSPS) is 10.4. The minimum absolute atomic E-state index is 0.122. The van der Waals surface area contributed by atoms with Crippen LogP contribution in [0.3, 0.4) is 0 Å². The average Bonchev–Trinajstić information content (AvgIpc) is 3.09. The van der Waals surface area contributed by atoms with Gasteiger partial charge in [-0.2, -0.15) is 0 Å². The zero-order valence-electron chi connectivity index (χ0n) is 12.3. The Morgan fingerprint density at radius 1 is 1.29 bits per heavy atom. The summed E-state index contributed by atoms with van der Waals surface area (Å²) in [5.41, 5.74) is 3.06. The molecule has 4 nitrogen and oxygen atoms in total. The van der Waals surface area contributed by atoms with Crippen LogP contribution in [0.15, 0.2) is 57.8 Å². The number of thiazole rings is 1. The van der Waals surface area contributed by atoms with E-state index in [1.807, 2.05) is 5.38 Å². The van der Waals surface area contributed by atoms with Crippen LogP contribution < -0.4 is 10.1 Å².